The highest BCUT2D eigenvalue weighted by Crippen LogP contribution is 2.50. The molecule has 0 bridgehead atoms. The number of fused-ring (bicyclic) bond motifs is 1. The minimum atomic E-state index is -0.906. The number of aromatic nitrogens is 2. The third-order valence-corrected chi connectivity index (χ3v) is 4.21. The minimum absolute atomic E-state index is 0.117. The molecule has 98 valence electrons. The van der Waals surface area contributed by atoms with Gasteiger partial charge in [-0.15, -0.1) is 0 Å². The smallest absolute Gasteiger partial charge is 0.335 e. The Kier molecular flexibility index (Phi) is 2.07. The first kappa shape index (κ1) is 11.0. The van der Waals surface area contributed by atoms with Crippen LogP contribution in [0.25, 0.3) is 11.0 Å². The second-order valence-corrected chi connectivity index (χ2v) is 5.51. The Bertz CT molecular complexity index is 672. The first-order valence-electron chi connectivity index (χ1n) is 6.51. The Labute approximate surface area is 109 Å². The lowest BCUT2D eigenvalue weighted by atomic mass is 10.1. The van der Waals surface area contributed by atoms with Crippen LogP contribution in [0.4, 0.5) is 0 Å². The van der Waals surface area contributed by atoms with Gasteiger partial charge in [-0.25, -0.2) is 9.78 Å². The highest BCUT2D eigenvalue weighted by molar-refractivity contribution is 5.92. The van der Waals surface area contributed by atoms with Gasteiger partial charge in [0, 0.05) is 0 Å². The number of benzene rings is 1. The summed E-state index contributed by atoms with van der Waals surface area (Å²) in [6.07, 6.45) is 5.11. The summed E-state index contributed by atoms with van der Waals surface area (Å²) in [5, 5.41) is 9.08. The number of carbonyl (C=O) groups is 1. The molecular formula is C14H14N2O3. The van der Waals surface area contributed by atoms with Crippen LogP contribution in [0.3, 0.4) is 0 Å². The van der Waals surface area contributed by atoms with E-state index in [1.165, 1.54) is 0 Å². The Morgan fingerprint density at radius 2 is 2.32 bits per heavy atom. The van der Waals surface area contributed by atoms with E-state index in [4.69, 9.17) is 9.84 Å². The van der Waals surface area contributed by atoms with E-state index in [9.17, 15) is 4.79 Å². The number of aromatic carboxylic acids is 1. The van der Waals surface area contributed by atoms with Crippen molar-refractivity contribution in [3.05, 3.63) is 30.1 Å². The van der Waals surface area contributed by atoms with Gasteiger partial charge in [-0.05, 0) is 37.5 Å². The van der Waals surface area contributed by atoms with Gasteiger partial charge >= 0.3 is 5.97 Å². The molecule has 1 unspecified atom stereocenters. The summed E-state index contributed by atoms with van der Waals surface area (Å²) in [4.78, 5) is 15.4. The van der Waals surface area contributed by atoms with E-state index in [1.54, 1.807) is 24.5 Å². The molecule has 2 aliphatic rings. The lowest BCUT2D eigenvalue weighted by molar-refractivity contribution is 0.0697. The molecule has 1 atom stereocenters. The van der Waals surface area contributed by atoms with Crippen molar-refractivity contribution >= 4 is 17.0 Å². The highest BCUT2D eigenvalue weighted by atomic mass is 16.5. The van der Waals surface area contributed by atoms with E-state index >= 15 is 0 Å². The first-order valence-corrected chi connectivity index (χ1v) is 6.51. The SMILES string of the molecule is O=C(O)c1ccc2ncn(C3COC4(CC4)C3)c2c1. The van der Waals surface area contributed by atoms with Crippen molar-refractivity contribution in [1.29, 1.82) is 0 Å². The van der Waals surface area contributed by atoms with Gasteiger partial charge in [0.2, 0.25) is 0 Å². The normalized spacial score (nSPS) is 24.1. The zero-order chi connectivity index (χ0) is 13.0. The third kappa shape index (κ3) is 1.65. The number of nitrogens with zero attached hydrogens (tertiary/aromatic N) is 2. The van der Waals surface area contributed by atoms with Crippen LogP contribution in [0.2, 0.25) is 0 Å². The van der Waals surface area contributed by atoms with E-state index in [0.717, 1.165) is 30.3 Å². The van der Waals surface area contributed by atoms with Gasteiger partial charge in [-0.1, -0.05) is 0 Å². The van der Waals surface area contributed by atoms with Gasteiger partial charge in [0.15, 0.2) is 0 Å². The Hall–Kier alpha value is -1.88. The van der Waals surface area contributed by atoms with Crippen molar-refractivity contribution in [2.24, 2.45) is 0 Å². The second kappa shape index (κ2) is 3.57. The van der Waals surface area contributed by atoms with E-state index in [-0.39, 0.29) is 11.6 Å². The molecule has 2 fully saturated rings. The van der Waals surface area contributed by atoms with Crippen molar-refractivity contribution in [3.63, 3.8) is 0 Å². The lowest BCUT2D eigenvalue weighted by Crippen LogP contribution is -2.08. The maximum absolute atomic E-state index is 11.1. The summed E-state index contributed by atoms with van der Waals surface area (Å²) in [5.74, 6) is -0.906. The molecular weight excluding hydrogens is 244 g/mol. The van der Waals surface area contributed by atoms with Crippen molar-refractivity contribution in [2.75, 3.05) is 6.61 Å². The number of rotatable bonds is 2. The Morgan fingerprint density at radius 1 is 1.47 bits per heavy atom. The maximum atomic E-state index is 11.1. The maximum Gasteiger partial charge on any atom is 0.335 e. The highest BCUT2D eigenvalue weighted by Gasteiger charge is 2.50. The number of carboxylic acids is 1. The number of imidazole rings is 1. The third-order valence-electron chi connectivity index (χ3n) is 4.21. The molecule has 5 nitrogen and oxygen atoms in total. The van der Waals surface area contributed by atoms with Crippen LogP contribution in [0.15, 0.2) is 24.5 Å². The topological polar surface area (TPSA) is 64.3 Å². The lowest BCUT2D eigenvalue weighted by Gasteiger charge is -2.11. The van der Waals surface area contributed by atoms with Crippen LogP contribution in [0.5, 0.6) is 0 Å². The van der Waals surface area contributed by atoms with E-state index in [2.05, 4.69) is 9.55 Å². The van der Waals surface area contributed by atoms with E-state index < -0.39 is 5.97 Å². The van der Waals surface area contributed by atoms with Gasteiger partial charge in [0.1, 0.15) is 0 Å². The molecule has 2 heterocycles. The average molecular weight is 258 g/mol. The molecule has 5 heteroatoms. The molecule has 1 aromatic heterocycles. The summed E-state index contributed by atoms with van der Waals surface area (Å²) in [5.41, 5.74) is 2.13. The molecule has 1 aromatic carbocycles. The standard InChI is InChI=1S/C14H14N2O3/c17-13(18)9-1-2-11-12(5-9)16(8-15-11)10-6-14(3-4-14)19-7-10/h1-2,5,8,10H,3-4,6-7H2,(H,17,18). The quantitative estimate of drug-likeness (QED) is 0.897. The van der Waals surface area contributed by atoms with Gasteiger partial charge in [0.25, 0.3) is 0 Å². The van der Waals surface area contributed by atoms with Crippen molar-refractivity contribution in [1.82, 2.24) is 9.55 Å². The first-order chi connectivity index (χ1) is 9.17. The predicted molar refractivity (Wildman–Crippen MR) is 68.3 cm³/mol. The molecule has 0 amide bonds. The van der Waals surface area contributed by atoms with Crippen LogP contribution >= 0.6 is 0 Å². The van der Waals surface area contributed by atoms with Gasteiger partial charge in [-0.2, -0.15) is 0 Å². The van der Waals surface area contributed by atoms with Gasteiger partial charge < -0.3 is 14.4 Å². The minimum Gasteiger partial charge on any atom is -0.478 e. The second-order valence-electron chi connectivity index (χ2n) is 5.51. The van der Waals surface area contributed by atoms with E-state index in [0.29, 0.717) is 12.2 Å². The van der Waals surface area contributed by atoms with Crippen LogP contribution in [-0.2, 0) is 4.74 Å². The zero-order valence-electron chi connectivity index (χ0n) is 10.4. The van der Waals surface area contributed by atoms with Crippen LogP contribution in [0, 0.1) is 0 Å². The number of hydrogen-bond donors (Lipinski definition) is 1. The fourth-order valence-corrected chi connectivity index (χ4v) is 2.94. The molecule has 1 spiro atoms. The zero-order valence-corrected chi connectivity index (χ0v) is 10.4. The van der Waals surface area contributed by atoms with Gasteiger partial charge in [-0.3, -0.25) is 0 Å². The molecule has 1 N–H and O–H groups in total. The Morgan fingerprint density at radius 3 is 3.00 bits per heavy atom. The summed E-state index contributed by atoms with van der Waals surface area (Å²) in [6.45, 7) is 0.697. The number of carboxylic acid groups (broad SMARTS) is 1. The molecule has 1 aliphatic heterocycles. The van der Waals surface area contributed by atoms with Crippen LogP contribution < -0.4 is 0 Å². The summed E-state index contributed by atoms with van der Waals surface area (Å²) in [7, 11) is 0. The molecule has 19 heavy (non-hydrogen) atoms. The molecule has 1 saturated carbocycles. The van der Waals surface area contributed by atoms with Crippen molar-refractivity contribution < 1.29 is 14.6 Å². The molecule has 1 aliphatic carbocycles. The largest absolute Gasteiger partial charge is 0.478 e. The monoisotopic (exact) mass is 258 g/mol. The van der Waals surface area contributed by atoms with Crippen LogP contribution in [0.1, 0.15) is 35.7 Å². The fourth-order valence-electron chi connectivity index (χ4n) is 2.94. The molecule has 0 radical (unpaired) electrons. The number of hydrogen-bond acceptors (Lipinski definition) is 3. The summed E-state index contributed by atoms with van der Waals surface area (Å²) >= 11 is 0. The molecule has 1 saturated heterocycles. The predicted octanol–water partition coefficient (Wildman–Crippen LogP) is 2.23. The van der Waals surface area contributed by atoms with E-state index in [1.807, 2.05) is 0 Å². The van der Waals surface area contributed by atoms with Gasteiger partial charge in [0.05, 0.1) is 41.2 Å². The Balaban J connectivity index is 1.77. The summed E-state index contributed by atoms with van der Waals surface area (Å²) in [6, 6.07) is 5.33. The molecule has 2 aromatic rings. The average Bonchev–Trinajstić information content (AvgIpc) is 2.85. The summed E-state index contributed by atoms with van der Waals surface area (Å²) < 4.78 is 7.91. The van der Waals surface area contributed by atoms with Crippen molar-refractivity contribution in [3.8, 4) is 0 Å². The van der Waals surface area contributed by atoms with Crippen LogP contribution in [-0.4, -0.2) is 32.8 Å². The van der Waals surface area contributed by atoms with Crippen molar-refractivity contribution in [2.45, 2.75) is 30.9 Å². The molecule has 4 rings (SSSR count). The number of ether oxygens (including phenoxy) is 1. The fraction of sp³-hybridized carbons (Fsp3) is 0.429.